The molecule has 1 fully saturated rings. The predicted octanol–water partition coefficient (Wildman–Crippen LogP) is 0.171. The molecule has 0 aromatic rings. The van der Waals surface area contributed by atoms with Crippen molar-refractivity contribution in [3.8, 4) is 0 Å². The molecule has 0 aliphatic carbocycles. The van der Waals surface area contributed by atoms with Gasteiger partial charge in [0.15, 0.2) is 0 Å². The maximum absolute atomic E-state index is 9.51. The third-order valence-electron chi connectivity index (χ3n) is 0.829. The Bertz CT molecular complexity index is 113. The molecule has 0 atom stereocenters. The molecule has 0 saturated carbocycles. The lowest BCUT2D eigenvalue weighted by molar-refractivity contribution is 0.264. The van der Waals surface area contributed by atoms with Gasteiger partial charge in [-0.25, -0.2) is 0 Å². The maximum atomic E-state index is 9.51. The standard InChI is InChI=1S/C4H6N2O2/c7-6-3-4-5-1-2-8-4/h3,5H,1-2H2/b4-3-. The number of ether oxygens (including phenoxy) is 1. The van der Waals surface area contributed by atoms with Gasteiger partial charge in [0.05, 0.1) is 6.54 Å². The van der Waals surface area contributed by atoms with Crippen molar-refractivity contribution in [2.24, 2.45) is 5.18 Å². The van der Waals surface area contributed by atoms with Gasteiger partial charge < -0.3 is 10.1 Å². The second kappa shape index (κ2) is 2.30. The molecule has 1 saturated heterocycles. The lowest BCUT2D eigenvalue weighted by Crippen LogP contribution is -2.03. The molecule has 0 radical (unpaired) electrons. The zero-order valence-corrected chi connectivity index (χ0v) is 4.26. The Labute approximate surface area is 46.5 Å². The number of rotatable bonds is 1. The zero-order valence-electron chi connectivity index (χ0n) is 4.26. The van der Waals surface area contributed by atoms with Crippen molar-refractivity contribution >= 4 is 0 Å². The smallest absolute Gasteiger partial charge is 0.209 e. The Morgan fingerprint density at radius 3 is 3.25 bits per heavy atom. The number of nitrogens with one attached hydrogen (secondary N) is 1. The van der Waals surface area contributed by atoms with E-state index in [4.69, 9.17) is 4.74 Å². The fraction of sp³-hybridized carbons (Fsp3) is 0.500. The summed E-state index contributed by atoms with van der Waals surface area (Å²) in [5.74, 6) is 0.472. The van der Waals surface area contributed by atoms with Crippen molar-refractivity contribution in [3.05, 3.63) is 17.0 Å². The van der Waals surface area contributed by atoms with E-state index < -0.39 is 0 Å². The van der Waals surface area contributed by atoms with Crippen LogP contribution in [0.1, 0.15) is 0 Å². The first kappa shape index (κ1) is 5.08. The van der Waals surface area contributed by atoms with E-state index in [0.29, 0.717) is 12.5 Å². The first-order valence-corrected chi connectivity index (χ1v) is 2.33. The molecule has 1 aliphatic heterocycles. The van der Waals surface area contributed by atoms with Crippen molar-refractivity contribution in [3.63, 3.8) is 0 Å². The van der Waals surface area contributed by atoms with Crippen molar-refractivity contribution in [2.75, 3.05) is 13.2 Å². The van der Waals surface area contributed by atoms with Crippen LogP contribution in [0.25, 0.3) is 0 Å². The fourth-order valence-electron chi connectivity index (χ4n) is 0.517. The summed E-state index contributed by atoms with van der Waals surface area (Å²) in [6.07, 6.45) is 1.12. The van der Waals surface area contributed by atoms with Crippen LogP contribution in [0.4, 0.5) is 0 Å². The van der Waals surface area contributed by atoms with Gasteiger partial charge in [0, 0.05) is 0 Å². The fourth-order valence-corrected chi connectivity index (χ4v) is 0.517. The summed E-state index contributed by atoms with van der Waals surface area (Å²) in [7, 11) is 0. The molecule has 1 aliphatic rings. The molecule has 4 nitrogen and oxygen atoms in total. The SMILES string of the molecule is O=N/C=C1/NCCO1. The van der Waals surface area contributed by atoms with E-state index in [2.05, 4.69) is 10.5 Å². The molecule has 1 rings (SSSR count). The van der Waals surface area contributed by atoms with Crippen molar-refractivity contribution in [1.82, 2.24) is 5.32 Å². The van der Waals surface area contributed by atoms with Gasteiger partial charge >= 0.3 is 0 Å². The van der Waals surface area contributed by atoms with Crippen LogP contribution in [0.3, 0.4) is 0 Å². The maximum Gasteiger partial charge on any atom is 0.209 e. The lowest BCUT2D eigenvalue weighted by atomic mass is 10.7. The molecule has 0 bridgehead atoms. The summed E-state index contributed by atoms with van der Waals surface area (Å²) in [6.45, 7) is 1.39. The minimum atomic E-state index is 0.472. The summed E-state index contributed by atoms with van der Waals surface area (Å²) < 4.78 is 4.85. The highest BCUT2D eigenvalue weighted by atomic mass is 16.5. The molecule has 0 amide bonds. The minimum Gasteiger partial charge on any atom is -0.476 e. The van der Waals surface area contributed by atoms with Gasteiger partial charge in [-0.15, -0.1) is 4.91 Å². The lowest BCUT2D eigenvalue weighted by Gasteiger charge is -1.90. The van der Waals surface area contributed by atoms with Gasteiger partial charge in [-0.2, -0.15) is 0 Å². The second-order valence-corrected chi connectivity index (χ2v) is 1.37. The summed E-state index contributed by atoms with van der Waals surface area (Å²) in [4.78, 5) is 9.51. The van der Waals surface area contributed by atoms with Crippen LogP contribution in [0, 0.1) is 4.91 Å². The molecular weight excluding hydrogens is 108 g/mol. The minimum absolute atomic E-state index is 0.472. The van der Waals surface area contributed by atoms with E-state index in [1.807, 2.05) is 0 Å². The van der Waals surface area contributed by atoms with E-state index in [9.17, 15) is 4.91 Å². The summed E-state index contributed by atoms with van der Waals surface area (Å²) >= 11 is 0. The van der Waals surface area contributed by atoms with Gasteiger partial charge in [-0.1, -0.05) is 0 Å². The van der Waals surface area contributed by atoms with Crippen LogP contribution in [0.15, 0.2) is 17.3 Å². The first-order chi connectivity index (χ1) is 3.93. The zero-order chi connectivity index (χ0) is 5.82. The van der Waals surface area contributed by atoms with E-state index in [1.54, 1.807) is 0 Å². The largest absolute Gasteiger partial charge is 0.476 e. The molecule has 1 heterocycles. The average molecular weight is 114 g/mol. The van der Waals surface area contributed by atoms with Crippen LogP contribution in [-0.2, 0) is 4.74 Å². The molecule has 8 heavy (non-hydrogen) atoms. The van der Waals surface area contributed by atoms with Gasteiger partial charge in [0.2, 0.25) is 5.88 Å². The predicted molar refractivity (Wildman–Crippen MR) is 27.8 cm³/mol. The summed E-state index contributed by atoms with van der Waals surface area (Å²) in [5, 5.41) is 5.32. The molecular formula is C4H6N2O2. The highest BCUT2D eigenvalue weighted by Crippen LogP contribution is 1.97. The summed E-state index contributed by atoms with van der Waals surface area (Å²) in [5.41, 5.74) is 0. The third kappa shape index (κ3) is 0.959. The number of hydrogen-bond acceptors (Lipinski definition) is 4. The Balaban J connectivity index is 2.44. The van der Waals surface area contributed by atoms with E-state index in [1.165, 1.54) is 0 Å². The van der Waals surface area contributed by atoms with Gasteiger partial charge in [-0.05, 0) is 5.18 Å². The number of hydrogen-bond donors (Lipinski definition) is 1. The highest BCUT2D eigenvalue weighted by Gasteiger charge is 2.03. The Kier molecular flexibility index (Phi) is 1.46. The van der Waals surface area contributed by atoms with Gasteiger partial charge in [-0.3, -0.25) is 0 Å². The van der Waals surface area contributed by atoms with Crippen LogP contribution in [0.2, 0.25) is 0 Å². The van der Waals surface area contributed by atoms with Crippen LogP contribution in [0.5, 0.6) is 0 Å². The first-order valence-electron chi connectivity index (χ1n) is 2.33. The Morgan fingerprint density at radius 2 is 2.75 bits per heavy atom. The average Bonchev–Trinajstić information content (AvgIpc) is 2.19. The molecule has 0 aromatic heterocycles. The van der Waals surface area contributed by atoms with Crippen LogP contribution >= 0.6 is 0 Å². The number of nitrogens with zero attached hydrogens (tertiary/aromatic N) is 1. The second-order valence-electron chi connectivity index (χ2n) is 1.37. The molecule has 0 spiro atoms. The number of nitroso groups, excluding NO2 is 1. The topological polar surface area (TPSA) is 50.7 Å². The molecule has 0 aromatic carbocycles. The van der Waals surface area contributed by atoms with E-state index in [-0.39, 0.29) is 0 Å². The van der Waals surface area contributed by atoms with Crippen molar-refractivity contribution in [2.45, 2.75) is 0 Å². The monoisotopic (exact) mass is 114 g/mol. The Hall–Kier alpha value is -1.06. The van der Waals surface area contributed by atoms with Gasteiger partial charge in [0.1, 0.15) is 12.8 Å². The van der Waals surface area contributed by atoms with Gasteiger partial charge in [0.25, 0.3) is 0 Å². The third-order valence-corrected chi connectivity index (χ3v) is 0.829. The molecule has 0 unspecified atom stereocenters. The quantitative estimate of drug-likeness (QED) is 0.494. The van der Waals surface area contributed by atoms with Crippen LogP contribution < -0.4 is 5.32 Å². The highest BCUT2D eigenvalue weighted by molar-refractivity contribution is 4.91. The van der Waals surface area contributed by atoms with Crippen molar-refractivity contribution < 1.29 is 4.74 Å². The van der Waals surface area contributed by atoms with E-state index in [0.717, 1.165) is 12.7 Å². The van der Waals surface area contributed by atoms with E-state index >= 15 is 0 Å². The summed E-state index contributed by atoms with van der Waals surface area (Å²) in [6, 6.07) is 0. The molecule has 1 N–H and O–H groups in total. The molecule has 4 heteroatoms. The van der Waals surface area contributed by atoms with Crippen LogP contribution in [-0.4, -0.2) is 13.2 Å². The molecule has 44 valence electrons. The Morgan fingerprint density at radius 1 is 1.88 bits per heavy atom. The van der Waals surface area contributed by atoms with Crippen molar-refractivity contribution in [1.29, 1.82) is 0 Å². The normalized spacial score (nSPS) is 22.2.